The minimum absolute atomic E-state index is 0.308. The number of fused-ring (bicyclic) bond motifs is 1. The number of rotatable bonds is 1. The van der Waals surface area contributed by atoms with Crippen LogP contribution in [0.4, 0.5) is 0 Å². The van der Waals surface area contributed by atoms with Gasteiger partial charge in [-0.05, 0) is 55.0 Å². The van der Waals surface area contributed by atoms with Crippen molar-refractivity contribution in [1.29, 1.82) is 0 Å². The molecule has 0 aliphatic heterocycles. The summed E-state index contributed by atoms with van der Waals surface area (Å²) in [6.45, 7) is 4.82. The topological polar surface area (TPSA) is 46.2 Å². The number of aliphatic hydroxyl groups excluding tert-OH is 1. The Bertz CT molecular complexity index is 360. The third-order valence-corrected chi connectivity index (χ3v) is 3.29. The zero-order valence-corrected chi connectivity index (χ0v) is 8.75. The molecule has 0 radical (unpaired) electrons. The number of hydrogen-bond donors (Lipinski definition) is 2. The van der Waals surface area contributed by atoms with Gasteiger partial charge in [0.1, 0.15) is 0 Å². The summed E-state index contributed by atoms with van der Waals surface area (Å²) in [6.07, 6.45) is 0.479. The van der Waals surface area contributed by atoms with Crippen molar-refractivity contribution in [3.63, 3.8) is 0 Å². The van der Waals surface area contributed by atoms with Crippen LogP contribution in [-0.2, 0) is 0 Å². The lowest BCUT2D eigenvalue weighted by Gasteiger charge is -2.10. The molecule has 0 heterocycles. The molecule has 0 aromatic heterocycles. The van der Waals surface area contributed by atoms with Gasteiger partial charge in [0.15, 0.2) is 0 Å². The number of benzene rings is 1. The van der Waals surface area contributed by atoms with E-state index >= 15 is 0 Å². The van der Waals surface area contributed by atoms with Crippen molar-refractivity contribution in [2.75, 3.05) is 6.54 Å². The fraction of sp³-hybridized carbons (Fsp3) is 0.500. The number of aryl methyl sites for hydroxylation is 2. The normalized spacial score (nSPS) is 25.1. The van der Waals surface area contributed by atoms with Gasteiger partial charge in [0.25, 0.3) is 0 Å². The second-order valence-corrected chi connectivity index (χ2v) is 4.25. The van der Waals surface area contributed by atoms with Gasteiger partial charge in [-0.2, -0.15) is 0 Å². The molecule has 0 bridgehead atoms. The van der Waals surface area contributed by atoms with Crippen molar-refractivity contribution in [3.8, 4) is 0 Å². The Morgan fingerprint density at radius 2 is 1.86 bits per heavy atom. The maximum absolute atomic E-state index is 9.84. The summed E-state index contributed by atoms with van der Waals surface area (Å²) in [5.74, 6) is 0.347. The van der Waals surface area contributed by atoms with E-state index in [0.29, 0.717) is 12.5 Å². The van der Waals surface area contributed by atoms with Crippen LogP contribution in [0.25, 0.3) is 0 Å². The van der Waals surface area contributed by atoms with Gasteiger partial charge in [0, 0.05) is 0 Å². The molecule has 2 unspecified atom stereocenters. The van der Waals surface area contributed by atoms with Crippen LogP contribution >= 0.6 is 0 Å². The van der Waals surface area contributed by atoms with Crippen LogP contribution in [0.15, 0.2) is 12.1 Å². The Hall–Kier alpha value is -0.860. The molecule has 1 aliphatic carbocycles. The summed E-state index contributed by atoms with van der Waals surface area (Å²) >= 11 is 0. The molecular formula is C12H17NO. The van der Waals surface area contributed by atoms with E-state index < -0.39 is 0 Å². The number of hydrogen-bond acceptors (Lipinski definition) is 2. The van der Waals surface area contributed by atoms with Crippen molar-refractivity contribution >= 4 is 0 Å². The Morgan fingerprint density at radius 1 is 1.29 bits per heavy atom. The van der Waals surface area contributed by atoms with Gasteiger partial charge in [-0.1, -0.05) is 12.1 Å². The van der Waals surface area contributed by atoms with E-state index in [-0.39, 0.29) is 6.10 Å². The third-order valence-electron chi connectivity index (χ3n) is 3.29. The van der Waals surface area contributed by atoms with Crippen LogP contribution in [0.1, 0.15) is 40.7 Å². The van der Waals surface area contributed by atoms with Crippen LogP contribution in [-0.4, -0.2) is 11.7 Å². The molecule has 0 saturated heterocycles. The molecule has 0 saturated carbocycles. The second kappa shape index (κ2) is 3.37. The average molecular weight is 191 g/mol. The Morgan fingerprint density at radius 3 is 2.43 bits per heavy atom. The third kappa shape index (κ3) is 1.35. The number of nitrogens with two attached hydrogens (primary N) is 1. The van der Waals surface area contributed by atoms with E-state index in [1.807, 2.05) is 0 Å². The molecular weight excluding hydrogens is 174 g/mol. The van der Waals surface area contributed by atoms with Crippen molar-refractivity contribution in [1.82, 2.24) is 0 Å². The summed E-state index contributed by atoms with van der Waals surface area (Å²) in [4.78, 5) is 0. The Kier molecular flexibility index (Phi) is 2.33. The van der Waals surface area contributed by atoms with E-state index in [9.17, 15) is 5.11 Å². The molecule has 2 heteroatoms. The highest BCUT2D eigenvalue weighted by atomic mass is 16.3. The highest BCUT2D eigenvalue weighted by Crippen LogP contribution is 2.40. The van der Waals surface area contributed by atoms with Crippen molar-refractivity contribution in [2.45, 2.75) is 32.3 Å². The van der Waals surface area contributed by atoms with Gasteiger partial charge in [-0.15, -0.1) is 0 Å². The zero-order valence-electron chi connectivity index (χ0n) is 8.75. The van der Waals surface area contributed by atoms with Gasteiger partial charge >= 0.3 is 0 Å². The fourth-order valence-electron chi connectivity index (χ4n) is 2.25. The van der Waals surface area contributed by atoms with Crippen molar-refractivity contribution in [3.05, 3.63) is 34.4 Å². The predicted molar refractivity (Wildman–Crippen MR) is 57.3 cm³/mol. The van der Waals surface area contributed by atoms with E-state index in [0.717, 1.165) is 12.0 Å². The highest BCUT2D eigenvalue weighted by Gasteiger charge is 2.28. The lowest BCUT2D eigenvalue weighted by molar-refractivity contribution is 0.173. The first kappa shape index (κ1) is 9.69. The van der Waals surface area contributed by atoms with Gasteiger partial charge in [0.2, 0.25) is 0 Å². The quantitative estimate of drug-likeness (QED) is 0.710. The zero-order chi connectivity index (χ0) is 10.3. The molecule has 3 N–H and O–H groups in total. The second-order valence-electron chi connectivity index (χ2n) is 4.25. The number of aliphatic hydroxyl groups is 1. The van der Waals surface area contributed by atoms with Gasteiger partial charge < -0.3 is 10.8 Å². The van der Waals surface area contributed by atoms with Crippen molar-refractivity contribution < 1.29 is 5.11 Å². The van der Waals surface area contributed by atoms with Gasteiger partial charge in [-0.3, -0.25) is 0 Å². The van der Waals surface area contributed by atoms with Crippen LogP contribution in [0.5, 0.6) is 0 Å². The van der Waals surface area contributed by atoms with Crippen LogP contribution < -0.4 is 5.73 Å². The van der Waals surface area contributed by atoms with Crippen LogP contribution in [0.2, 0.25) is 0 Å². The maximum Gasteiger partial charge on any atom is 0.0799 e. The molecule has 14 heavy (non-hydrogen) atoms. The van der Waals surface area contributed by atoms with Crippen LogP contribution in [0.3, 0.4) is 0 Å². The lowest BCUT2D eigenvalue weighted by atomic mass is 9.97. The Labute approximate surface area is 84.7 Å². The maximum atomic E-state index is 9.84. The SMILES string of the molecule is Cc1cc2c(cc1C)C(CN)CC2O. The minimum atomic E-state index is -0.308. The first-order valence-corrected chi connectivity index (χ1v) is 5.12. The molecule has 0 spiro atoms. The van der Waals surface area contributed by atoms with Gasteiger partial charge in [-0.25, -0.2) is 0 Å². The molecule has 2 atom stereocenters. The van der Waals surface area contributed by atoms with E-state index in [1.54, 1.807) is 0 Å². The summed E-state index contributed by atoms with van der Waals surface area (Å²) < 4.78 is 0. The van der Waals surface area contributed by atoms with Crippen molar-refractivity contribution in [2.24, 2.45) is 5.73 Å². The minimum Gasteiger partial charge on any atom is -0.388 e. The summed E-state index contributed by atoms with van der Waals surface area (Å²) in [6, 6.07) is 4.28. The summed E-state index contributed by atoms with van der Waals surface area (Å²) in [7, 11) is 0. The van der Waals surface area contributed by atoms with E-state index in [4.69, 9.17) is 5.73 Å². The predicted octanol–water partition coefficient (Wildman–Crippen LogP) is 1.78. The summed E-state index contributed by atoms with van der Waals surface area (Å²) in [5.41, 5.74) is 10.6. The van der Waals surface area contributed by atoms with Crippen LogP contribution in [0, 0.1) is 13.8 Å². The molecule has 0 fully saturated rings. The van der Waals surface area contributed by atoms with E-state index in [1.165, 1.54) is 16.7 Å². The molecule has 1 aromatic rings. The Balaban J connectivity index is 2.52. The molecule has 1 aromatic carbocycles. The molecule has 1 aliphatic rings. The van der Waals surface area contributed by atoms with Gasteiger partial charge in [0.05, 0.1) is 6.10 Å². The smallest absolute Gasteiger partial charge is 0.0799 e. The van der Waals surface area contributed by atoms with E-state index in [2.05, 4.69) is 26.0 Å². The molecule has 2 rings (SSSR count). The highest BCUT2D eigenvalue weighted by molar-refractivity contribution is 5.43. The first-order chi connectivity index (χ1) is 6.63. The summed E-state index contributed by atoms with van der Waals surface area (Å²) in [5, 5.41) is 9.84. The monoisotopic (exact) mass is 191 g/mol. The fourth-order valence-corrected chi connectivity index (χ4v) is 2.25. The molecule has 2 nitrogen and oxygen atoms in total. The largest absolute Gasteiger partial charge is 0.388 e. The molecule has 0 amide bonds. The standard InChI is InChI=1S/C12H17NO/c1-7-3-10-9(6-13)5-12(14)11(10)4-8(7)2/h3-4,9,12,14H,5-6,13H2,1-2H3. The molecule has 76 valence electrons. The first-order valence-electron chi connectivity index (χ1n) is 5.12. The average Bonchev–Trinajstić information content (AvgIpc) is 2.45. The lowest BCUT2D eigenvalue weighted by Crippen LogP contribution is -2.09.